The fraction of sp³-hybridized carbons (Fsp3) is 0.571. The summed E-state index contributed by atoms with van der Waals surface area (Å²) >= 11 is 5.88. The summed E-state index contributed by atoms with van der Waals surface area (Å²) in [4.78, 5) is 43.0. The van der Waals surface area contributed by atoms with E-state index in [0.29, 0.717) is 44.2 Å². The molecule has 1 atom stereocenters. The van der Waals surface area contributed by atoms with Crippen molar-refractivity contribution < 1.29 is 14.4 Å². The van der Waals surface area contributed by atoms with Crippen LogP contribution in [0.15, 0.2) is 24.3 Å². The third-order valence-electron chi connectivity index (χ3n) is 5.50. The Kier molecular flexibility index (Phi) is 5.98. The monoisotopic (exact) mass is 405 g/mol. The van der Waals surface area contributed by atoms with Crippen LogP contribution in [0.4, 0.5) is 0 Å². The summed E-state index contributed by atoms with van der Waals surface area (Å²) in [5, 5.41) is 0.652. The summed E-state index contributed by atoms with van der Waals surface area (Å²) in [5.74, 6) is -0.139. The molecule has 2 aliphatic heterocycles. The molecule has 28 heavy (non-hydrogen) atoms. The molecule has 1 aromatic carbocycles. The van der Waals surface area contributed by atoms with E-state index in [1.165, 1.54) is 0 Å². The van der Waals surface area contributed by atoms with Crippen LogP contribution in [0.3, 0.4) is 0 Å². The Morgan fingerprint density at radius 1 is 1.04 bits per heavy atom. The van der Waals surface area contributed by atoms with Crippen LogP contribution in [-0.2, 0) is 20.8 Å². The van der Waals surface area contributed by atoms with Gasteiger partial charge in [0.25, 0.3) is 0 Å². The van der Waals surface area contributed by atoms with Crippen LogP contribution in [0.5, 0.6) is 0 Å². The normalized spacial score (nSPS) is 20.6. The van der Waals surface area contributed by atoms with Gasteiger partial charge in [0.15, 0.2) is 0 Å². The van der Waals surface area contributed by atoms with Gasteiger partial charge in [0.1, 0.15) is 0 Å². The van der Waals surface area contributed by atoms with Crippen LogP contribution >= 0.6 is 11.6 Å². The fourth-order valence-electron chi connectivity index (χ4n) is 3.84. The smallest absolute Gasteiger partial charge is 0.228 e. The molecule has 2 saturated heterocycles. The molecule has 0 radical (unpaired) electrons. The second-order valence-corrected chi connectivity index (χ2v) is 9.02. The van der Waals surface area contributed by atoms with E-state index in [4.69, 9.17) is 11.6 Å². The van der Waals surface area contributed by atoms with Gasteiger partial charge in [-0.05, 0) is 38.5 Å². The Bertz CT molecular complexity index is 749. The van der Waals surface area contributed by atoms with Crippen LogP contribution in [0.2, 0.25) is 5.02 Å². The van der Waals surface area contributed by atoms with Gasteiger partial charge in [0.05, 0.1) is 12.3 Å². The number of halogens is 1. The predicted molar refractivity (Wildman–Crippen MR) is 108 cm³/mol. The third-order valence-corrected chi connectivity index (χ3v) is 5.75. The van der Waals surface area contributed by atoms with Crippen molar-refractivity contribution in [3.63, 3.8) is 0 Å². The highest BCUT2D eigenvalue weighted by atomic mass is 35.5. The van der Waals surface area contributed by atoms with Gasteiger partial charge >= 0.3 is 0 Å². The minimum absolute atomic E-state index is 0.0323. The van der Waals surface area contributed by atoms with Gasteiger partial charge in [0.2, 0.25) is 17.7 Å². The van der Waals surface area contributed by atoms with Crippen LogP contribution in [0, 0.1) is 5.92 Å². The summed E-state index contributed by atoms with van der Waals surface area (Å²) in [5.41, 5.74) is 0.665. The number of carbonyl (C=O) groups is 3. The van der Waals surface area contributed by atoms with Crippen molar-refractivity contribution in [2.24, 2.45) is 5.92 Å². The van der Waals surface area contributed by atoms with Crippen molar-refractivity contribution in [1.29, 1.82) is 0 Å². The molecule has 0 bridgehead atoms. The number of benzene rings is 1. The Morgan fingerprint density at radius 3 is 2.14 bits per heavy atom. The van der Waals surface area contributed by atoms with E-state index in [2.05, 4.69) is 0 Å². The summed E-state index contributed by atoms with van der Waals surface area (Å²) in [6, 6.07) is 7.28. The number of piperazine rings is 1. The summed E-state index contributed by atoms with van der Waals surface area (Å²) in [6.45, 7) is 8.55. The van der Waals surface area contributed by atoms with E-state index in [0.717, 1.165) is 5.56 Å². The lowest BCUT2D eigenvalue weighted by Crippen LogP contribution is -2.52. The summed E-state index contributed by atoms with van der Waals surface area (Å²) < 4.78 is 0. The lowest BCUT2D eigenvalue weighted by Gasteiger charge is -2.36. The van der Waals surface area contributed by atoms with Crippen LogP contribution in [0.1, 0.15) is 32.8 Å². The first-order chi connectivity index (χ1) is 13.1. The molecule has 0 saturated carbocycles. The van der Waals surface area contributed by atoms with E-state index < -0.39 is 0 Å². The number of amides is 3. The maximum Gasteiger partial charge on any atom is 0.228 e. The molecule has 7 heteroatoms. The fourth-order valence-corrected chi connectivity index (χ4v) is 3.97. The van der Waals surface area contributed by atoms with Crippen LogP contribution in [0.25, 0.3) is 0 Å². The second kappa shape index (κ2) is 8.11. The van der Waals surface area contributed by atoms with Gasteiger partial charge in [-0.1, -0.05) is 23.7 Å². The minimum Gasteiger partial charge on any atom is -0.339 e. The molecule has 0 aromatic heterocycles. The first kappa shape index (κ1) is 20.6. The van der Waals surface area contributed by atoms with Gasteiger partial charge in [-0.3, -0.25) is 14.4 Å². The molecule has 1 aromatic rings. The maximum absolute atomic E-state index is 12.8. The average Bonchev–Trinajstić information content (AvgIpc) is 3.05. The molecule has 2 fully saturated rings. The Labute approximate surface area is 171 Å². The molecule has 152 valence electrons. The summed E-state index contributed by atoms with van der Waals surface area (Å²) in [7, 11) is 0. The van der Waals surface area contributed by atoms with E-state index in [-0.39, 0.29) is 35.6 Å². The molecule has 0 N–H and O–H groups in total. The van der Waals surface area contributed by atoms with Gasteiger partial charge in [0, 0.05) is 49.7 Å². The highest BCUT2D eigenvalue weighted by Gasteiger charge is 2.41. The zero-order valence-electron chi connectivity index (χ0n) is 16.8. The standard InChI is InChI=1S/C21H28ClN3O3/c1-21(2,3)25-14-16(13-19(25)27)20(28)24-10-8-23(9-11-24)18(26)12-15-4-6-17(22)7-5-15/h4-7,16H,8-14H2,1-3H3. The highest BCUT2D eigenvalue weighted by Crippen LogP contribution is 2.27. The zero-order chi connectivity index (χ0) is 20.5. The Balaban J connectivity index is 1.51. The molecular weight excluding hydrogens is 378 g/mol. The van der Waals surface area contributed by atoms with Gasteiger partial charge in [-0.15, -0.1) is 0 Å². The molecule has 3 rings (SSSR count). The lowest BCUT2D eigenvalue weighted by atomic mass is 10.1. The average molecular weight is 406 g/mol. The number of likely N-dealkylation sites (tertiary alicyclic amines) is 1. The van der Waals surface area contributed by atoms with Gasteiger partial charge in [-0.25, -0.2) is 0 Å². The Hall–Kier alpha value is -2.08. The molecule has 3 amide bonds. The molecule has 2 aliphatic rings. The van der Waals surface area contributed by atoms with Crippen molar-refractivity contribution in [1.82, 2.24) is 14.7 Å². The van der Waals surface area contributed by atoms with Crippen molar-refractivity contribution >= 4 is 29.3 Å². The predicted octanol–water partition coefficient (Wildman–Crippen LogP) is 2.20. The first-order valence-corrected chi connectivity index (χ1v) is 10.1. The lowest BCUT2D eigenvalue weighted by molar-refractivity contribution is -0.141. The van der Waals surface area contributed by atoms with Crippen LogP contribution in [-0.4, -0.2) is 70.7 Å². The molecule has 6 nitrogen and oxygen atoms in total. The number of carbonyl (C=O) groups excluding carboxylic acids is 3. The van der Waals surface area contributed by atoms with Crippen molar-refractivity contribution in [2.75, 3.05) is 32.7 Å². The zero-order valence-corrected chi connectivity index (χ0v) is 17.5. The molecule has 0 aliphatic carbocycles. The summed E-state index contributed by atoms with van der Waals surface area (Å²) in [6.07, 6.45) is 0.620. The first-order valence-electron chi connectivity index (χ1n) is 9.76. The van der Waals surface area contributed by atoms with E-state index in [9.17, 15) is 14.4 Å². The molecule has 0 spiro atoms. The van der Waals surface area contributed by atoms with Crippen molar-refractivity contribution in [3.8, 4) is 0 Å². The van der Waals surface area contributed by atoms with Crippen molar-refractivity contribution in [2.45, 2.75) is 39.2 Å². The minimum atomic E-state index is -0.275. The largest absolute Gasteiger partial charge is 0.339 e. The van der Waals surface area contributed by atoms with Crippen molar-refractivity contribution in [3.05, 3.63) is 34.9 Å². The number of hydrogen-bond donors (Lipinski definition) is 0. The van der Waals surface area contributed by atoms with Crippen LogP contribution < -0.4 is 0 Å². The van der Waals surface area contributed by atoms with Gasteiger partial charge in [-0.2, -0.15) is 0 Å². The second-order valence-electron chi connectivity index (χ2n) is 8.59. The third kappa shape index (κ3) is 4.66. The Morgan fingerprint density at radius 2 is 1.61 bits per heavy atom. The maximum atomic E-state index is 12.8. The van der Waals surface area contributed by atoms with E-state index >= 15 is 0 Å². The van der Waals surface area contributed by atoms with E-state index in [1.807, 2.05) is 32.9 Å². The molecule has 1 unspecified atom stereocenters. The number of nitrogens with zero attached hydrogens (tertiary/aromatic N) is 3. The number of rotatable bonds is 3. The molecule has 2 heterocycles. The SMILES string of the molecule is CC(C)(C)N1CC(C(=O)N2CCN(C(=O)Cc3ccc(Cl)cc3)CC2)CC1=O. The van der Waals surface area contributed by atoms with Gasteiger partial charge < -0.3 is 14.7 Å². The van der Waals surface area contributed by atoms with E-state index in [1.54, 1.807) is 26.8 Å². The highest BCUT2D eigenvalue weighted by molar-refractivity contribution is 6.30. The number of hydrogen-bond acceptors (Lipinski definition) is 3. The molecular formula is C21H28ClN3O3. The topological polar surface area (TPSA) is 60.9 Å². The quantitative estimate of drug-likeness (QED) is 0.774.